The molecule has 1 fully saturated rings. The molecule has 4 rings (SSSR count). The van der Waals surface area contributed by atoms with E-state index >= 15 is 0 Å². The second-order valence-electron chi connectivity index (χ2n) is 6.64. The van der Waals surface area contributed by atoms with E-state index in [1.165, 1.54) is 16.7 Å². The molecule has 0 atom stereocenters. The largest absolute Gasteiger partial charge is 0.395 e. The number of nitrogens with zero attached hydrogens (tertiary/aromatic N) is 3. The molecule has 130 valence electrons. The molecule has 0 unspecified atom stereocenters. The Labute approximate surface area is 147 Å². The van der Waals surface area contributed by atoms with E-state index in [9.17, 15) is 0 Å². The van der Waals surface area contributed by atoms with E-state index in [1.807, 2.05) is 12.4 Å². The van der Waals surface area contributed by atoms with E-state index in [0.717, 1.165) is 50.3 Å². The summed E-state index contributed by atoms with van der Waals surface area (Å²) in [5, 5.41) is 10.2. The normalized spacial score (nSPS) is 16.5. The summed E-state index contributed by atoms with van der Waals surface area (Å²) in [4.78, 5) is 12.4. The molecule has 5 nitrogen and oxygen atoms in total. The maximum Gasteiger partial charge on any atom is 0.137 e. The van der Waals surface area contributed by atoms with Gasteiger partial charge in [-0.05, 0) is 34.9 Å². The zero-order chi connectivity index (χ0) is 17.1. The number of hydrogen-bond donors (Lipinski definition) is 2. The zero-order valence-electron chi connectivity index (χ0n) is 14.4. The van der Waals surface area contributed by atoms with E-state index in [2.05, 4.69) is 56.2 Å². The number of benzene rings is 1. The third kappa shape index (κ3) is 3.58. The first-order valence-corrected chi connectivity index (χ1v) is 8.90. The summed E-state index contributed by atoms with van der Waals surface area (Å²) in [7, 11) is 0. The fourth-order valence-electron chi connectivity index (χ4n) is 3.62. The smallest absolute Gasteiger partial charge is 0.137 e. The number of rotatable bonds is 5. The van der Waals surface area contributed by atoms with Gasteiger partial charge in [-0.1, -0.05) is 18.2 Å². The number of fused-ring (bicyclic) bond motifs is 1. The number of pyridine rings is 1. The molecule has 0 radical (unpaired) electrons. The molecule has 25 heavy (non-hydrogen) atoms. The monoisotopic (exact) mass is 336 g/mol. The molecule has 0 saturated carbocycles. The average molecular weight is 336 g/mol. The predicted molar refractivity (Wildman–Crippen MR) is 100 cm³/mol. The van der Waals surface area contributed by atoms with Crippen LogP contribution < -0.4 is 0 Å². The lowest BCUT2D eigenvalue weighted by Gasteiger charge is -2.34. The van der Waals surface area contributed by atoms with Crippen LogP contribution in [0.3, 0.4) is 0 Å². The Bertz CT molecular complexity index is 836. The van der Waals surface area contributed by atoms with E-state index in [1.54, 1.807) is 0 Å². The van der Waals surface area contributed by atoms with Gasteiger partial charge in [0, 0.05) is 57.0 Å². The Hall–Kier alpha value is -2.21. The van der Waals surface area contributed by atoms with Gasteiger partial charge >= 0.3 is 0 Å². The van der Waals surface area contributed by atoms with Crippen LogP contribution in [0.4, 0.5) is 0 Å². The number of nitrogens with one attached hydrogen (secondary N) is 1. The van der Waals surface area contributed by atoms with Crippen molar-refractivity contribution in [2.75, 3.05) is 39.3 Å². The van der Waals surface area contributed by atoms with Crippen molar-refractivity contribution in [3.63, 3.8) is 0 Å². The SMILES string of the molecule is OCCN1CCN(Cc2cccc(-c3ccnc4[nH]ccc34)c2)CC1. The summed E-state index contributed by atoms with van der Waals surface area (Å²) in [6.07, 6.45) is 3.80. The molecule has 0 amide bonds. The zero-order valence-corrected chi connectivity index (χ0v) is 14.4. The van der Waals surface area contributed by atoms with E-state index in [4.69, 9.17) is 5.11 Å². The standard InChI is InChI=1S/C20H24N4O/c25-13-12-23-8-10-24(11-9-23)15-16-2-1-3-17(14-16)18-4-6-21-20-19(18)5-7-22-20/h1-7,14,25H,8-13,15H2,(H,21,22). The molecule has 1 saturated heterocycles. The van der Waals surface area contributed by atoms with Gasteiger partial charge in [0.05, 0.1) is 6.61 Å². The highest BCUT2D eigenvalue weighted by molar-refractivity contribution is 5.92. The maximum absolute atomic E-state index is 9.06. The number of aliphatic hydroxyl groups excluding tert-OH is 1. The lowest BCUT2D eigenvalue weighted by atomic mass is 10.0. The molecule has 1 aliphatic rings. The second-order valence-corrected chi connectivity index (χ2v) is 6.64. The second kappa shape index (κ2) is 7.35. The molecule has 5 heteroatoms. The molecule has 1 aromatic carbocycles. The molecule has 1 aliphatic heterocycles. The molecule has 3 aromatic rings. The lowest BCUT2D eigenvalue weighted by Crippen LogP contribution is -2.46. The van der Waals surface area contributed by atoms with Crippen molar-refractivity contribution in [3.05, 3.63) is 54.4 Å². The number of aromatic amines is 1. The van der Waals surface area contributed by atoms with Gasteiger partial charge in [-0.15, -0.1) is 0 Å². The maximum atomic E-state index is 9.06. The van der Waals surface area contributed by atoms with Gasteiger partial charge in [-0.25, -0.2) is 4.98 Å². The minimum Gasteiger partial charge on any atom is -0.395 e. The van der Waals surface area contributed by atoms with Gasteiger partial charge < -0.3 is 10.1 Å². The fraction of sp³-hybridized carbons (Fsp3) is 0.350. The predicted octanol–water partition coefficient (Wildman–Crippen LogP) is 2.34. The highest BCUT2D eigenvalue weighted by Crippen LogP contribution is 2.27. The van der Waals surface area contributed by atoms with Crippen LogP contribution in [0.5, 0.6) is 0 Å². The molecular formula is C20H24N4O. The van der Waals surface area contributed by atoms with E-state index < -0.39 is 0 Å². The Morgan fingerprint density at radius 2 is 1.88 bits per heavy atom. The van der Waals surface area contributed by atoms with Gasteiger partial charge in [-0.3, -0.25) is 9.80 Å². The van der Waals surface area contributed by atoms with Crippen molar-refractivity contribution in [1.29, 1.82) is 0 Å². The van der Waals surface area contributed by atoms with Crippen molar-refractivity contribution in [1.82, 2.24) is 19.8 Å². The minimum absolute atomic E-state index is 0.252. The van der Waals surface area contributed by atoms with Crippen LogP contribution in [0, 0.1) is 0 Å². The van der Waals surface area contributed by atoms with Crippen molar-refractivity contribution >= 4 is 11.0 Å². The lowest BCUT2D eigenvalue weighted by molar-refractivity contribution is 0.108. The summed E-state index contributed by atoms with van der Waals surface area (Å²) in [6.45, 7) is 6.20. The van der Waals surface area contributed by atoms with E-state index in [-0.39, 0.29) is 6.61 Å². The molecule has 0 bridgehead atoms. The number of aliphatic hydroxyl groups is 1. The minimum atomic E-state index is 0.252. The van der Waals surface area contributed by atoms with Crippen LogP contribution in [0.25, 0.3) is 22.2 Å². The summed E-state index contributed by atoms with van der Waals surface area (Å²) < 4.78 is 0. The van der Waals surface area contributed by atoms with Gasteiger partial charge in [0.1, 0.15) is 5.65 Å². The van der Waals surface area contributed by atoms with Gasteiger partial charge in [0.15, 0.2) is 0 Å². The van der Waals surface area contributed by atoms with Crippen LogP contribution in [-0.2, 0) is 6.54 Å². The van der Waals surface area contributed by atoms with Crippen LogP contribution in [0.1, 0.15) is 5.56 Å². The third-order valence-corrected chi connectivity index (χ3v) is 4.99. The van der Waals surface area contributed by atoms with E-state index in [0.29, 0.717) is 0 Å². The van der Waals surface area contributed by atoms with Crippen molar-refractivity contribution < 1.29 is 5.11 Å². The Kier molecular flexibility index (Phi) is 4.78. The third-order valence-electron chi connectivity index (χ3n) is 4.99. The van der Waals surface area contributed by atoms with Crippen LogP contribution in [0.2, 0.25) is 0 Å². The van der Waals surface area contributed by atoms with Gasteiger partial charge in [0.25, 0.3) is 0 Å². The topological polar surface area (TPSA) is 55.4 Å². The van der Waals surface area contributed by atoms with Crippen LogP contribution in [0.15, 0.2) is 48.8 Å². The van der Waals surface area contributed by atoms with Crippen molar-refractivity contribution in [2.45, 2.75) is 6.54 Å². The number of hydrogen-bond acceptors (Lipinski definition) is 4. The number of aromatic nitrogens is 2. The molecule has 2 N–H and O–H groups in total. The Balaban J connectivity index is 1.50. The Morgan fingerprint density at radius 1 is 1.04 bits per heavy atom. The highest BCUT2D eigenvalue weighted by Gasteiger charge is 2.16. The summed E-state index contributed by atoms with van der Waals surface area (Å²) in [6, 6.07) is 13.0. The van der Waals surface area contributed by atoms with Gasteiger partial charge in [0.2, 0.25) is 0 Å². The molecule has 3 heterocycles. The first kappa shape index (κ1) is 16.3. The molecular weight excluding hydrogens is 312 g/mol. The number of β-amino-alcohol motifs (C(OH)–C–C–N with tert-alkyl or cyclic N) is 1. The molecule has 0 spiro atoms. The highest BCUT2D eigenvalue weighted by atomic mass is 16.3. The van der Waals surface area contributed by atoms with Crippen LogP contribution in [-0.4, -0.2) is 64.2 Å². The van der Waals surface area contributed by atoms with Crippen molar-refractivity contribution in [3.8, 4) is 11.1 Å². The van der Waals surface area contributed by atoms with Crippen LogP contribution >= 0.6 is 0 Å². The number of H-pyrrole nitrogens is 1. The van der Waals surface area contributed by atoms with Gasteiger partial charge in [-0.2, -0.15) is 0 Å². The Morgan fingerprint density at radius 3 is 2.72 bits per heavy atom. The average Bonchev–Trinajstić information content (AvgIpc) is 3.13. The molecule has 2 aromatic heterocycles. The number of piperazine rings is 1. The summed E-state index contributed by atoms with van der Waals surface area (Å²) >= 11 is 0. The summed E-state index contributed by atoms with van der Waals surface area (Å²) in [5.74, 6) is 0. The first-order valence-electron chi connectivity index (χ1n) is 8.90. The fourth-order valence-corrected chi connectivity index (χ4v) is 3.62. The molecule has 0 aliphatic carbocycles. The first-order chi connectivity index (χ1) is 12.3. The van der Waals surface area contributed by atoms with Crippen molar-refractivity contribution in [2.24, 2.45) is 0 Å². The quantitative estimate of drug-likeness (QED) is 0.751. The summed E-state index contributed by atoms with van der Waals surface area (Å²) in [5.41, 5.74) is 4.74.